The highest BCUT2D eigenvalue weighted by Crippen LogP contribution is 2.23. The Morgan fingerprint density at radius 1 is 1.48 bits per heavy atom. The van der Waals surface area contributed by atoms with E-state index in [0.29, 0.717) is 26.1 Å². The fourth-order valence-electron chi connectivity index (χ4n) is 1.90. The second kappa shape index (κ2) is 6.98. The molecule has 0 aliphatic rings. The number of nitrogens with two attached hydrogens (primary N) is 1. The molecule has 0 atom stereocenters. The minimum atomic E-state index is -3.76. The van der Waals surface area contributed by atoms with Gasteiger partial charge >= 0.3 is 0 Å². The Bertz CT molecular complexity index is 620. The molecule has 0 fully saturated rings. The van der Waals surface area contributed by atoms with Gasteiger partial charge in [-0.15, -0.1) is 0 Å². The second-order valence-corrected chi connectivity index (χ2v) is 7.58. The average Bonchev–Trinajstić information content (AvgIpc) is 2.46. The molecule has 0 bridgehead atoms. The maximum Gasteiger partial charge on any atom is 0.245 e. The normalized spacial score (nSPS) is 12.4. The molecule has 0 radical (unpaired) electrons. The van der Waals surface area contributed by atoms with Crippen LogP contribution in [0.4, 0.5) is 0 Å². The van der Waals surface area contributed by atoms with Gasteiger partial charge in [-0.25, -0.2) is 13.4 Å². The van der Waals surface area contributed by atoms with Gasteiger partial charge in [0.05, 0.1) is 0 Å². The Labute approximate surface area is 126 Å². The van der Waals surface area contributed by atoms with Gasteiger partial charge in [0.15, 0.2) is 5.69 Å². The summed E-state index contributed by atoms with van der Waals surface area (Å²) < 4.78 is 27.0. The van der Waals surface area contributed by atoms with Crippen LogP contribution in [-0.2, 0) is 10.0 Å². The Morgan fingerprint density at radius 3 is 2.67 bits per heavy atom. The van der Waals surface area contributed by atoms with Crippen LogP contribution in [0.1, 0.15) is 32.9 Å². The van der Waals surface area contributed by atoms with E-state index in [-0.39, 0.29) is 16.0 Å². The standard InChI is InChI=1S/C14H22N4O2S/c1-4-8-18(11-14(2,3)10-16)21(19,20)13-6-5-7-17-12(13)9-15/h5-7H,4,8,10-11,16H2,1-3H3. The monoisotopic (exact) mass is 310 g/mol. The number of rotatable bonds is 7. The molecule has 0 saturated heterocycles. The number of pyridine rings is 1. The minimum absolute atomic E-state index is 0.0474. The quantitative estimate of drug-likeness (QED) is 0.819. The van der Waals surface area contributed by atoms with Crippen LogP contribution in [0.15, 0.2) is 23.2 Å². The molecule has 7 heteroatoms. The lowest BCUT2D eigenvalue weighted by Crippen LogP contribution is -2.42. The molecule has 2 N–H and O–H groups in total. The average molecular weight is 310 g/mol. The summed E-state index contributed by atoms with van der Waals surface area (Å²) >= 11 is 0. The van der Waals surface area contributed by atoms with Crippen LogP contribution in [0.25, 0.3) is 0 Å². The highest BCUT2D eigenvalue weighted by Gasteiger charge is 2.31. The Kier molecular flexibility index (Phi) is 5.84. The van der Waals surface area contributed by atoms with Crippen LogP contribution in [-0.4, -0.2) is 37.3 Å². The maximum absolute atomic E-state index is 12.8. The van der Waals surface area contributed by atoms with Gasteiger partial charge in [-0.3, -0.25) is 0 Å². The van der Waals surface area contributed by atoms with E-state index in [4.69, 9.17) is 11.0 Å². The smallest absolute Gasteiger partial charge is 0.245 e. The molecular weight excluding hydrogens is 288 g/mol. The maximum atomic E-state index is 12.8. The highest BCUT2D eigenvalue weighted by atomic mass is 32.2. The summed E-state index contributed by atoms with van der Waals surface area (Å²) in [5.41, 5.74) is 5.29. The summed E-state index contributed by atoms with van der Waals surface area (Å²) in [6.07, 6.45) is 2.09. The van der Waals surface area contributed by atoms with Gasteiger partial charge in [0.1, 0.15) is 11.0 Å². The van der Waals surface area contributed by atoms with Crippen molar-refractivity contribution >= 4 is 10.0 Å². The molecule has 0 unspecified atom stereocenters. The largest absolute Gasteiger partial charge is 0.330 e. The lowest BCUT2D eigenvalue weighted by Gasteiger charge is -2.31. The molecule has 116 valence electrons. The van der Waals surface area contributed by atoms with Crippen LogP contribution in [0, 0.1) is 16.7 Å². The van der Waals surface area contributed by atoms with E-state index in [0.717, 1.165) is 0 Å². The minimum Gasteiger partial charge on any atom is -0.330 e. The Morgan fingerprint density at radius 2 is 2.14 bits per heavy atom. The van der Waals surface area contributed by atoms with Crippen molar-refractivity contribution in [1.82, 2.24) is 9.29 Å². The molecule has 21 heavy (non-hydrogen) atoms. The number of sulfonamides is 1. The van der Waals surface area contributed by atoms with E-state index in [1.54, 1.807) is 0 Å². The van der Waals surface area contributed by atoms with E-state index in [2.05, 4.69) is 4.98 Å². The zero-order valence-electron chi connectivity index (χ0n) is 12.7. The molecule has 1 aromatic rings. The summed E-state index contributed by atoms with van der Waals surface area (Å²) in [5.74, 6) is 0. The number of aromatic nitrogens is 1. The first kappa shape index (κ1) is 17.6. The SMILES string of the molecule is CCCN(CC(C)(C)CN)S(=O)(=O)c1cccnc1C#N. The van der Waals surface area contributed by atoms with Crippen molar-refractivity contribution in [1.29, 1.82) is 5.26 Å². The van der Waals surface area contributed by atoms with Crippen molar-refractivity contribution < 1.29 is 8.42 Å². The fraction of sp³-hybridized carbons (Fsp3) is 0.571. The second-order valence-electron chi connectivity index (χ2n) is 5.67. The van der Waals surface area contributed by atoms with Crippen molar-refractivity contribution in [3.63, 3.8) is 0 Å². The lowest BCUT2D eigenvalue weighted by molar-refractivity contribution is 0.266. The predicted molar refractivity (Wildman–Crippen MR) is 80.8 cm³/mol. The summed E-state index contributed by atoms with van der Waals surface area (Å²) in [5, 5.41) is 9.06. The van der Waals surface area contributed by atoms with Gasteiger partial charge in [-0.2, -0.15) is 9.57 Å². The molecule has 0 saturated carbocycles. The number of nitriles is 1. The van der Waals surface area contributed by atoms with Crippen molar-refractivity contribution in [2.45, 2.75) is 32.1 Å². The molecule has 1 aromatic heterocycles. The van der Waals surface area contributed by atoms with Crippen LogP contribution in [0.5, 0.6) is 0 Å². The van der Waals surface area contributed by atoms with Gasteiger partial charge in [-0.05, 0) is 30.5 Å². The summed E-state index contributed by atoms with van der Waals surface area (Å²) in [7, 11) is -3.76. The van der Waals surface area contributed by atoms with E-state index in [9.17, 15) is 8.42 Å². The molecule has 0 aliphatic heterocycles. The number of hydrogen-bond acceptors (Lipinski definition) is 5. The predicted octanol–water partition coefficient (Wildman–Crippen LogP) is 1.34. The van der Waals surface area contributed by atoms with Crippen LogP contribution >= 0.6 is 0 Å². The third-order valence-corrected chi connectivity index (χ3v) is 5.00. The van der Waals surface area contributed by atoms with Gasteiger partial charge in [-0.1, -0.05) is 20.8 Å². The molecule has 0 aliphatic carbocycles. The topological polar surface area (TPSA) is 100 Å². The van der Waals surface area contributed by atoms with Gasteiger partial charge < -0.3 is 5.73 Å². The molecule has 0 amide bonds. The first-order chi connectivity index (χ1) is 9.78. The van der Waals surface area contributed by atoms with Crippen molar-refractivity contribution in [3.8, 4) is 6.07 Å². The van der Waals surface area contributed by atoms with Gasteiger partial charge in [0.2, 0.25) is 10.0 Å². The third kappa shape index (κ3) is 4.24. The molecular formula is C14H22N4O2S. The van der Waals surface area contributed by atoms with Gasteiger partial charge in [0.25, 0.3) is 0 Å². The number of nitrogens with zero attached hydrogens (tertiary/aromatic N) is 3. The molecule has 1 rings (SSSR count). The van der Waals surface area contributed by atoms with Crippen LogP contribution in [0.3, 0.4) is 0 Å². The van der Waals surface area contributed by atoms with Crippen molar-refractivity contribution in [2.24, 2.45) is 11.1 Å². The van der Waals surface area contributed by atoms with Crippen LogP contribution in [0.2, 0.25) is 0 Å². The highest BCUT2D eigenvalue weighted by molar-refractivity contribution is 7.89. The Balaban J connectivity index is 3.26. The van der Waals surface area contributed by atoms with E-state index in [1.165, 1.54) is 22.6 Å². The summed E-state index contributed by atoms with van der Waals surface area (Å²) in [6, 6.07) is 4.77. The molecule has 0 aromatic carbocycles. The number of hydrogen-bond donors (Lipinski definition) is 1. The van der Waals surface area contributed by atoms with Crippen molar-refractivity contribution in [3.05, 3.63) is 24.0 Å². The molecule has 0 spiro atoms. The van der Waals surface area contributed by atoms with Crippen molar-refractivity contribution in [2.75, 3.05) is 19.6 Å². The lowest BCUT2D eigenvalue weighted by atomic mass is 9.94. The summed E-state index contributed by atoms with van der Waals surface area (Å²) in [4.78, 5) is 3.78. The molecule has 6 nitrogen and oxygen atoms in total. The third-order valence-electron chi connectivity index (χ3n) is 3.12. The van der Waals surface area contributed by atoms with E-state index in [1.807, 2.05) is 26.8 Å². The Hall–Kier alpha value is -1.49. The van der Waals surface area contributed by atoms with E-state index < -0.39 is 10.0 Å². The van der Waals surface area contributed by atoms with E-state index >= 15 is 0 Å². The first-order valence-corrected chi connectivity index (χ1v) is 8.28. The zero-order valence-corrected chi connectivity index (χ0v) is 13.5. The van der Waals surface area contributed by atoms with Crippen LogP contribution < -0.4 is 5.73 Å². The molecule has 1 heterocycles. The summed E-state index contributed by atoms with van der Waals surface area (Å²) in [6.45, 7) is 6.80. The zero-order chi connectivity index (χ0) is 16.1. The first-order valence-electron chi connectivity index (χ1n) is 6.84. The fourth-order valence-corrected chi connectivity index (χ4v) is 3.71. The van der Waals surface area contributed by atoms with Gasteiger partial charge in [0, 0.05) is 19.3 Å².